The third-order valence-electron chi connectivity index (χ3n) is 6.01. The van der Waals surface area contributed by atoms with Crippen LogP contribution >= 0.6 is 11.6 Å². The predicted octanol–water partition coefficient (Wildman–Crippen LogP) is 4.61. The normalized spacial score (nSPS) is 39.0. The molecular weight excluding hydrogens is 266 g/mol. The quantitative estimate of drug-likeness (QED) is 0.853. The van der Waals surface area contributed by atoms with Crippen LogP contribution in [0.15, 0.2) is 24.3 Å². The van der Waals surface area contributed by atoms with E-state index in [4.69, 9.17) is 11.6 Å². The molecule has 3 aliphatic carbocycles. The van der Waals surface area contributed by atoms with Gasteiger partial charge in [0.1, 0.15) is 0 Å². The number of rotatable bonds is 4. The molecule has 0 aliphatic heterocycles. The minimum absolute atomic E-state index is 0.728. The van der Waals surface area contributed by atoms with Crippen LogP contribution in [0.4, 0.5) is 0 Å². The first kappa shape index (κ1) is 13.2. The van der Waals surface area contributed by atoms with Gasteiger partial charge in [-0.25, -0.2) is 0 Å². The van der Waals surface area contributed by atoms with Gasteiger partial charge in [-0.3, -0.25) is 0 Å². The molecule has 3 saturated carbocycles. The summed E-state index contributed by atoms with van der Waals surface area (Å²) in [4.78, 5) is 0. The second-order valence-electron chi connectivity index (χ2n) is 7.26. The highest BCUT2D eigenvalue weighted by molar-refractivity contribution is 6.30. The Morgan fingerprint density at radius 3 is 2.70 bits per heavy atom. The summed E-state index contributed by atoms with van der Waals surface area (Å²) >= 11 is 6.07. The molecule has 1 aromatic rings. The number of nitrogens with one attached hydrogen (secondary N) is 1. The average Bonchev–Trinajstić information content (AvgIpc) is 2.99. The molecule has 3 unspecified atom stereocenters. The Morgan fingerprint density at radius 2 is 2.00 bits per heavy atom. The summed E-state index contributed by atoms with van der Waals surface area (Å²) in [7, 11) is 0. The van der Waals surface area contributed by atoms with E-state index in [1.54, 1.807) is 0 Å². The van der Waals surface area contributed by atoms with Gasteiger partial charge in [0.05, 0.1) is 0 Å². The summed E-state index contributed by atoms with van der Waals surface area (Å²) in [5.74, 6) is 3.84. The lowest BCUT2D eigenvalue weighted by molar-refractivity contribution is 0.247. The minimum Gasteiger partial charge on any atom is -0.314 e. The van der Waals surface area contributed by atoms with Crippen molar-refractivity contribution in [2.75, 3.05) is 6.54 Å². The first-order chi connectivity index (χ1) is 9.78. The molecule has 3 fully saturated rings. The Bertz CT molecular complexity index is 480. The van der Waals surface area contributed by atoms with Gasteiger partial charge in [0.15, 0.2) is 0 Å². The highest BCUT2D eigenvalue weighted by Gasteiger charge is 2.40. The maximum atomic E-state index is 6.07. The van der Waals surface area contributed by atoms with Crippen LogP contribution in [0.25, 0.3) is 0 Å². The molecular formula is C18H24ClN. The number of benzene rings is 1. The van der Waals surface area contributed by atoms with Crippen LogP contribution in [0.1, 0.15) is 50.0 Å². The lowest BCUT2D eigenvalue weighted by Gasteiger charge is -2.38. The van der Waals surface area contributed by atoms with Crippen molar-refractivity contribution < 1.29 is 0 Å². The molecule has 108 valence electrons. The monoisotopic (exact) mass is 289 g/mol. The molecule has 1 aromatic carbocycles. The molecule has 1 nitrogen and oxygen atoms in total. The van der Waals surface area contributed by atoms with E-state index in [2.05, 4.69) is 23.5 Å². The van der Waals surface area contributed by atoms with Crippen LogP contribution in [-0.4, -0.2) is 12.6 Å². The molecule has 3 aliphatic rings. The Hall–Kier alpha value is -0.530. The third-order valence-corrected chi connectivity index (χ3v) is 6.25. The number of fused-ring (bicyclic) bond motifs is 2. The van der Waals surface area contributed by atoms with Crippen molar-refractivity contribution >= 4 is 11.6 Å². The molecule has 20 heavy (non-hydrogen) atoms. The van der Waals surface area contributed by atoms with Gasteiger partial charge < -0.3 is 5.32 Å². The first-order valence-corrected chi connectivity index (χ1v) is 8.64. The van der Waals surface area contributed by atoms with E-state index in [1.165, 1.54) is 50.6 Å². The summed E-state index contributed by atoms with van der Waals surface area (Å²) in [5.41, 5.74) is 1.43. The van der Waals surface area contributed by atoms with Gasteiger partial charge in [0.2, 0.25) is 0 Å². The summed E-state index contributed by atoms with van der Waals surface area (Å²) in [5, 5.41) is 4.70. The number of hydrogen-bond acceptors (Lipinski definition) is 1. The Balaban J connectivity index is 1.24. The average molecular weight is 290 g/mol. The van der Waals surface area contributed by atoms with E-state index in [1.807, 2.05) is 6.07 Å². The van der Waals surface area contributed by atoms with Gasteiger partial charge in [-0.2, -0.15) is 0 Å². The van der Waals surface area contributed by atoms with E-state index in [0.29, 0.717) is 0 Å². The van der Waals surface area contributed by atoms with Gasteiger partial charge in [-0.15, -0.1) is 0 Å². The van der Waals surface area contributed by atoms with Crippen molar-refractivity contribution in [1.82, 2.24) is 5.32 Å². The maximum Gasteiger partial charge on any atom is 0.0408 e. The highest BCUT2D eigenvalue weighted by Crippen LogP contribution is 2.48. The maximum absolute atomic E-state index is 6.07. The molecule has 3 atom stereocenters. The van der Waals surface area contributed by atoms with Crippen molar-refractivity contribution in [1.29, 1.82) is 0 Å². The largest absolute Gasteiger partial charge is 0.314 e. The Morgan fingerprint density at radius 1 is 1.10 bits per heavy atom. The van der Waals surface area contributed by atoms with E-state index in [9.17, 15) is 0 Å². The second kappa shape index (κ2) is 5.35. The van der Waals surface area contributed by atoms with Crippen LogP contribution in [0.5, 0.6) is 0 Å². The fourth-order valence-corrected chi connectivity index (χ4v) is 4.96. The first-order valence-electron chi connectivity index (χ1n) is 8.27. The molecule has 1 N–H and O–H groups in total. The molecule has 2 bridgehead atoms. The molecule has 0 saturated heterocycles. The van der Waals surface area contributed by atoms with Gasteiger partial charge in [-0.1, -0.05) is 30.2 Å². The molecule has 4 rings (SSSR count). The number of hydrogen-bond donors (Lipinski definition) is 1. The molecule has 0 aromatic heterocycles. The van der Waals surface area contributed by atoms with Crippen molar-refractivity contribution in [2.45, 2.75) is 50.5 Å². The van der Waals surface area contributed by atoms with Crippen molar-refractivity contribution in [3.63, 3.8) is 0 Å². The second-order valence-corrected chi connectivity index (χ2v) is 7.70. The lowest BCUT2D eigenvalue weighted by atomic mass is 9.75. The van der Waals surface area contributed by atoms with Crippen LogP contribution in [0.2, 0.25) is 5.02 Å². The van der Waals surface area contributed by atoms with Crippen molar-refractivity contribution in [2.24, 2.45) is 17.8 Å². The summed E-state index contributed by atoms with van der Waals surface area (Å²) < 4.78 is 0. The van der Waals surface area contributed by atoms with Crippen LogP contribution in [-0.2, 0) is 0 Å². The van der Waals surface area contributed by atoms with Gasteiger partial charge in [-0.05, 0) is 80.0 Å². The standard InChI is InChI=1S/C18H24ClN/c19-17-3-1-2-13(8-17)15-9-18(10-15)20-11-16-7-12-4-5-14(16)6-12/h1-3,8,12,14-16,18,20H,4-7,9-11H2. The van der Waals surface area contributed by atoms with E-state index >= 15 is 0 Å². The Kier molecular flexibility index (Phi) is 3.52. The van der Waals surface area contributed by atoms with Crippen LogP contribution < -0.4 is 5.32 Å². The number of halogens is 1. The third kappa shape index (κ3) is 2.51. The fourth-order valence-electron chi connectivity index (χ4n) is 4.76. The smallest absolute Gasteiger partial charge is 0.0408 e. The zero-order valence-electron chi connectivity index (χ0n) is 12.0. The molecule has 0 heterocycles. The summed E-state index contributed by atoms with van der Waals surface area (Å²) in [6, 6.07) is 9.15. The molecule has 0 amide bonds. The zero-order chi connectivity index (χ0) is 13.5. The zero-order valence-corrected chi connectivity index (χ0v) is 12.8. The summed E-state index contributed by atoms with van der Waals surface area (Å²) in [6.07, 6.45) is 8.64. The SMILES string of the molecule is Clc1cccc(C2CC(NCC3CC4CCC3C4)C2)c1. The molecule has 2 heteroatoms. The lowest BCUT2D eigenvalue weighted by Crippen LogP contribution is -2.42. The fraction of sp³-hybridized carbons (Fsp3) is 0.667. The van der Waals surface area contributed by atoms with Gasteiger partial charge >= 0.3 is 0 Å². The molecule has 0 spiro atoms. The van der Waals surface area contributed by atoms with E-state index < -0.39 is 0 Å². The van der Waals surface area contributed by atoms with E-state index in [-0.39, 0.29) is 0 Å². The molecule has 0 radical (unpaired) electrons. The topological polar surface area (TPSA) is 12.0 Å². The predicted molar refractivity (Wildman–Crippen MR) is 84.2 cm³/mol. The summed E-state index contributed by atoms with van der Waals surface area (Å²) in [6.45, 7) is 1.27. The van der Waals surface area contributed by atoms with Crippen LogP contribution in [0, 0.1) is 17.8 Å². The Labute approximate surface area is 127 Å². The van der Waals surface area contributed by atoms with Crippen molar-refractivity contribution in [3.05, 3.63) is 34.9 Å². The highest BCUT2D eigenvalue weighted by atomic mass is 35.5. The van der Waals surface area contributed by atoms with Gasteiger partial charge in [0, 0.05) is 11.1 Å². The van der Waals surface area contributed by atoms with E-state index in [0.717, 1.165) is 34.7 Å². The van der Waals surface area contributed by atoms with Crippen molar-refractivity contribution in [3.8, 4) is 0 Å². The van der Waals surface area contributed by atoms with Crippen LogP contribution in [0.3, 0.4) is 0 Å². The van der Waals surface area contributed by atoms with Gasteiger partial charge in [0.25, 0.3) is 0 Å². The minimum atomic E-state index is 0.728.